The van der Waals surface area contributed by atoms with Gasteiger partial charge in [0.2, 0.25) is 0 Å². The molecule has 0 bridgehead atoms. The van der Waals surface area contributed by atoms with E-state index in [1.165, 1.54) is 37.1 Å². The average molecular weight is 207 g/mol. The maximum Gasteiger partial charge on any atom is 0.122 e. The summed E-state index contributed by atoms with van der Waals surface area (Å²) in [6.45, 7) is 3.01. The minimum Gasteiger partial charge on any atom is -0.334 e. The summed E-state index contributed by atoms with van der Waals surface area (Å²) in [5, 5.41) is 3.17. The van der Waals surface area contributed by atoms with Crippen LogP contribution in [-0.4, -0.2) is 16.6 Å². The molecule has 1 N–H and O–H groups in total. The van der Waals surface area contributed by atoms with Crippen LogP contribution in [0.2, 0.25) is 0 Å². The molecule has 0 spiro atoms. The molecule has 1 aromatic rings. The van der Waals surface area contributed by atoms with E-state index in [1.807, 2.05) is 7.05 Å². The van der Waals surface area contributed by atoms with Crippen molar-refractivity contribution in [2.75, 3.05) is 7.05 Å². The Balaban J connectivity index is 2.29. The first-order valence-corrected chi connectivity index (χ1v) is 5.90. The van der Waals surface area contributed by atoms with Gasteiger partial charge in [-0.15, -0.1) is 0 Å². The third-order valence-electron chi connectivity index (χ3n) is 3.49. The highest BCUT2D eigenvalue weighted by Gasteiger charge is 2.23. The molecular weight excluding hydrogens is 186 g/mol. The summed E-state index contributed by atoms with van der Waals surface area (Å²) in [6.07, 6.45) is 5.46. The average Bonchev–Trinajstić information content (AvgIpc) is 2.77. The minimum atomic E-state index is 0.758. The number of hydrogen-bond acceptors (Lipinski definition) is 2. The second-order valence-electron chi connectivity index (χ2n) is 4.57. The third-order valence-corrected chi connectivity index (χ3v) is 3.49. The molecule has 0 unspecified atom stereocenters. The quantitative estimate of drug-likeness (QED) is 0.822. The van der Waals surface area contributed by atoms with E-state index in [0.717, 1.165) is 18.3 Å². The van der Waals surface area contributed by atoms with Crippen molar-refractivity contribution in [2.45, 2.75) is 45.1 Å². The molecule has 3 heteroatoms. The smallest absolute Gasteiger partial charge is 0.122 e. The van der Waals surface area contributed by atoms with Gasteiger partial charge in [-0.3, -0.25) is 0 Å². The van der Waals surface area contributed by atoms with Gasteiger partial charge in [0.05, 0.1) is 12.2 Å². The van der Waals surface area contributed by atoms with Crippen molar-refractivity contribution in [3.63, 3.8) is 0 Å². The van der Waals surface area contributed by atoms with Gasteiger partial charge in [0.25, 0.3) is 0 Å². The molecule has 0 aromatic carbocycles. The van der Waals surface area contributed by atoms with Crippen molar-refractivity contribution in [3.05, 3.63) is 17.2 Å². The summed E-state index contributed by atoms with van der Waals surface area (Å²) in [5.41, 5.74) is 2.70. The highest BCUT2D eigenvalue weighted by molar-refractivity contribution is 5.21. The van der Waals surface area contributed by atoms with Gasteiger partial charge in [-0.1, -0.05) is 12.8 Å². The number of imidazole rings is 1. The normalized spacial score (nSPS) is 17.5. The number of hydrogen-bond donors (Lipinski definition) is 1. The first kappa shape index (κ1) is 10.7. The molecule has 0 atom stereocenters. The summed E-state index contributed by atoms with van der Waals surface area (Å²) in [5.74, 6) is 1.92. The predicted molar refractivity (Wildman–Crippen MR) is 61.9 cm³/mol. The van der Waals surface area contributed by atoms with E-state index in [-0.39, 0.29) is 0 Å². The van der Waals surface area contributed by atoms with Crippen LogP contribution in [0.5, 0.6) is 0 Å². The van der Waals surface area contributed by atoms with Crippen molar-refractivity contribution in [1.29, 1.82) is 0 Å². The van der Waals surface area contributed by atoms with E-state index in [1.54, 1.807) is 0 Å². The molecular formula is C12H21N3. The summed E-state index contributed by atoms with van der Waals surface area (Å²) < 4.78 is 2.29. The fraction of sp³-hybridized carbons (Fsp3) is 0.750. The minimum absolute atomic E-state index is 0.758. The molecule has 1 aliphatic carbocycles. The third kappa shape index (κ3) is 1.93. The second kappa shape index (κ2) is 4.35. The summed E-state index contributed by atoms with van der Waals surface area (Å²) in [4.78, 5) is 4.64. The van der Waals surface area contributed by atoms with Gasteiger partial charge in [0, 0.05) is 18.7 Å². The second-order valence-corrected chi connectivity index (χ2v) is 4.57. The topological polar surface area (TPSA) is 29.9 Å². The Morgan fingerprint density at radius 1 is 1.40 bits per heavy atom. The van der Waals surface area contributed by atoms with Gasteiger partial charge >= 0.3 is 0 Å². The van der Waals surface area contributed by atoms with E-state index in [0.29, 0.717) is 0 Å². The Morgan fingerprint density at radius 3 is 2.67 bits per heavy atom. The Morgan fingerprint density at radius 2 is 2.07 bits per heavy atom. The lowest BCUT2D eigenvalue weighted by Gasteiger charge is -2.12. The van der Waals surface area contributed by atoms with Crippen LogP contribution in [0.25, 0.3) is 0 Å². The fourth-order valence-corrected chi connectivity index (χ4v) is 2.79. The Kier molecular flexibility index (Phi) is 3.10. The highest BCUT2D eigenvalue weighted by atomic mass is 15.1. The maximum absolute atomic E-state index is 4.64. The molecule has 0 radical (unpaired) electrons. The van der Waals surface area contributed by atoms with Crippen LogP contribution < -0.4 is 5.32 Å². The van der Waals surface area contributed by atoms with Crippen molar-refractivity contribution in [3.8, 4) is 0 Å². The maximum atomic E-state index is 4.64. The number of nitrogens with zero attached hydrogens (tertiary/aromatic N) is 2. The lowest BCUT2D eigenvalue weighted by Crippen LogP contribution is -2.12. The zero-order chi connectivity index (χ0) is 10.8. The lowest BCUT2D eigenvalue weighted by atomic mass is 10.0. The first-order chi connectivity index (χ1) is 7.24. The molecule has 1 saturated carbocycles. The summed E-state index contributed by atoms with van der Waals surface area (Å²) in [6, 6.07) is 0. The van der Waals surface area contributed by atoms with Crippen LogP contribution in [0.15, 0.2) is 0 Å². The molecule has 0 saturated heterocycles. The number of aromatic nitrogens is 2. The van der Waals surface area contributed by atoms with Crippen LogP contribution in [0.3, 0.4) is 0 Å². The molecule has 84 valence electrons. The monoisotopic (exact) mass is 207 g/mol. The molecule has 1 aromatic heterocycles. The van der Waals surface area contributed by atoms with E-state index in [4.69, 9.17) is 0 Å². The first-order valence-electron chi connectivity index (χ1n) is 5.90. The number of aryl methyl sites for hydroxylation is 1. The van der Waals surface area contributed by atoms with Crippen molar-refractivity contribution < 1.29 is 0 Å². The summed E-state index contributed by atoms with van der Waals surface area (Å²) in [7, 11) is 4.12. The van der Waals surface area contributed by atoms with E-state index in [9.17, 15) is 0 Å². The molecule has 0 aliphatic heterocycles. The molecule has 0 amide bonds. The standard InChI is InChI=1S/C12H21N3/c1-9-12(10-6-4-5-7-10)15(3)11(14-9)8-13-2/h10,13H,4-8H2,1-3H3. The van der Waals surface area contributed by atoms with E-state index >= 15 is 0 Å². The SMILES string of the molecule is CNCc1nc(C)c(C2CCCC2)n1C. The Bertz CT molecular complexity index is 335. The van der Waals surface area contributed by atoms with Crippen molar-refractivity contribution >= 4 is 0 Å². The molecule has 2 rings (SSSR count). The predicted octanol–water partition coefficient (Wildman–Crippen LogP) is 2.11. The van der Waals surface area contributed by atoms with Gasteiger partial charge < -0.3 is 9.88 Å². The van der Waals surface area contributed by atoms with Gasteiger partial charge in [-0.2, -0.15) is 0 Å². The zero-order valence-corrected chi connectivity index (χ0v) is 10.0. The molecule has 1 heterocycles. The van der Waals surface area contributed by atoms with Gasteiger partial charge in [0.15, 0.2) is 0 Å². The molecule has 1 fully saturated rings. The van der Waals surface area contributed by atoms with Crippen LogP contribution in [-0.2, 0) is 13.6 Å². The molecule has 1 aliphatic rings. The zero-order valence-electron chi connectivity index (χ0n) is 10.0. The van der Waals surface area contributed by atoms with Crippen LogP contribution in [0.1, 0.15) is 48.8 Å². The summed E-state index contributed by atoms with van der Waals surface area (Å²) >= 11 is 0. The van der Waals surface area contributed by atoms with E-state index in [2.05, 4.69) is 28.8 Å². The van der Waals surface area contributed by atoms with Crippen molar-refractivity contribution in [2.24, 2.45) is 7.05 Å². The largest absolute Gasteiger partial charge is 0.334 e. The van der Waals surface area contributed by atoms with E-state index < -0.39 is 0 Å². The van der Waals surface area contributed by atoms with Crippen molar-refractivity contribution in [1.82, 2.24) is 14.9 Å². The van der Waals surface area contributed by atoms with Crippen LogP contribution >= 0.6 is 0 Å². The fourth-order valence-electron chi connectivity index (χ4n) is 2.79. The van der Waals surface area contributed by atoms with Gasteiger partial charge in [-0.05, 0) is 26.8 Å². The highest BCUT2D eigenvalue weighted by Crippen LogP contribution is 2.35. The Hall–Kier alpha value is -0.830. The number of nitrogens with one attached hydrogen (secondary N) is 1. The van der Waals surface area contributed by atoms with Crippen LogP contribution in [0, 0.1) is 6.92 Å². The lowest BCUT2D eigenvalue weighted by molar-refractivity contribution is 0.625. The number of rotatable bonds is 3. The van der Waals surface area contributed by atoms with Gasteiger partial charge in [-0.25, -0.2) is 4.98 Å². The Labute approximate surface area is 91.9 Å². The molecule has 15 heavy (non-hydrogen) atoms. The van der Waals surface area contributed by atoms with Crippen LogP contribution in [0.4, 0.5) is 0 Å². The van der Waals surface area contributed by atoms with Gasteiger partial charge in [0.1, 0.15) is 5.82 Å². The molecule has 3 nitrogen and oxygen atoms in total.